The van der Waals surface area contributed by atoms with Gasteiger partial charge in [0.05, 0.1) is 0 Å². The van der Waals surface area contributed by atoms with Crippen LogP contribution in [0.15, 0.2) is 22.2 Å². The molecule has 0 unspecified atom stereocenters. The lowest BCUT2D eigenvalue weighted by Crippen LogP contribution is -2.23. The molecule has 0 bridgehead atoms. The molecule has 0 spiro atoms. The van der Waals surface area contributed by atoms with Crippen LogP contribution in [0, 0.1) is 0 Å². The molecule has 0 amide bonds. The van der Waals surface area contributed by atoms with Crippen molar-refractivity contribution in [2.45, 2.75) is 32.1 Å². The first kappa shape index (κ1) is 22.9. The van der Waals surface area contributed by atoms with Gasteiger partial charge in [-0.05, 0) is 51.2 Å². The predicted octanol–water partition coefficient (Wildman–Crippen LogP) is 2.80. The van der Waals surface area contributed by atoms with E-state index < -0.39 is 0 Å². The van der Waals surface area contributed by atoms with Crippen LogP contribution in [0.25, 0.3) is 0 Å². The summed E-state index contributed by atoms with van der Waals surface area (Å²) in [6.07, 6.45) is 6.32. The molecule has 0 fully saturated rings. The maximum Gasteiger partial charge on any atom is 0.0189 e. The number of hydrogen-bond donors (Lipinski definition) is 4. The van der Waals surface area contributed by atoms with Crippen LogP contribution in [-0.2, 0) is 0 Å². The highest BCUT2D eigenvalue weighted by atomic mass is 35.5. The van der Waals surface area contributed by atoms with Gasteiger partial charge >= 0.3 is 0 Å². The molecule has 0 saturated heterocycles. The van der Waals surface area contributed by atoms with E-state index in [9.17, 15) is 0 Å². The maximum atomic E-state index is 5.75. The molecular weight excluding hydrogens is 331 g/mol. The molecule has 0 aliphatic carbocycles. The molecule has 0 heterocycles. The Labute approximate surface area is 152 Å². The average molecular weight is 365 g/mol. The van der Waals surface area contributed by atoms with Gasteiger partial charge in [-0.25, -0.2) is 0 Å². The van der Waals surface area contributed by atoms with E-state index in [0.29, 0.717) is 0 Å². The first-order valence-corrected chi connectivity index (χ1v) is 9.42. The van der Waals surface area contributed by atoms with E-state index in [4.69, 9.17) is 23.2 Å². The summed E-state index contributed by atoms with van der Waals surface area (Å²) in [5.41, 5.74) is 5.73. The van der Waals surface area contributed by atoms with E-state index in [1.54, 1.807) is 11.1 Å². The van der Waals surface area contributed by atoms with Gasteiger partial charge in [0.25, 0.3) is 0 Å². The minimum Gasteiger partial charge on any atom is -0.316 e. The second-order valence-electron chi connectivity index (χ2n) is 5.72. The van der Waals surface area contributed by atoms with Crippen LogP contribution in [0.1, 0.15) is 32.1 Å². The van der Waals surface area contributed by atoms with Crippen molar-refractivity contribution in [3.05, 3.63) is 22.2 Å². The lowest BCUT2D eigenvalue weighted by Gasteiger charge is -2.08. The van der Waals surface area contributed by atoms with Crippen LogP contribution < -0.4 is 21.3 Å². The Hall–Kier alpha value is -0.100. The highest BCUT2D eigenvalue weighted by molar-refractivity contribution is 6.26. The average Bonchev–Trinajstić information content (AvgIpc) is 2.57. The lowest BCUT2D eigenvalue weighted by atomic mass is 10.1. The zero-order chi connectivity index (χ0) is 17.2. The Kier molecular flexibility index (Phi) is 18.2. The largest absolute Gasteiger partial charge is 0.316 e. The Morgan fingerprint density at radius 2 is 1.04 bits per heavy atom. The Balaban J connectivity index is 3.31. The Bertz CT molecular complexity index is 290. The molecule has 136 valence electrons. The molecule has 4 nitrogen and oxygen atoms in total. The van der Waals surface area contributed by atoms with E-state index in [0.717, 1.165) is 39.3 Å². The van der Waals surface area contributed by atoms with E-state index in [-0.39, 0.29) is 0 Å². The van der Waals surface area contributed by atoms with Crippen molar-refractivity contribution >= 4 is 23.2 Å². The fourth-order valence-corrected chi connectivity index (χ4v) is 2.57. The first-order valence-electron chi connectivity index (χ1n) is 8.55. The monoisotopic (exact) mass is 364 g/mol. The number of rotatable bonds is 16. The van der Waals surface area contributed by atoms with Crippen LogP contribution in [0.3, 0.4) is 0 Å². The molecule has 0 aliphatic heterocycles. The van der Waals surface area contributed by atoms with Crippen molar-refractivity contribution in [2.75, 3.05) is 53.4 Å². The van der Waals surface area contributed by atoms with E-state index in [1.807, 2.05) is 14.1 Å². The summed E-state index contributed by atoms with van der Waals surface area (Å²) in [5.74, 6) is 0. The fourth-order valence-electron chi connectivity index (χ4n) is 2.26. The Morgan fingerprint density at radius 3 is 1.39 bits per heavy atom. The third kappa shape index (κ3) is 15.2. The SMILES string of the molecule is CNC/C(=C\Cl)CNCCCCCCCNC/C(=C/Cl)CNC. The molecule has 0 rings (SSSR count). The van der Waals surface area contributed by atoms with Gasteiger partial charge in [-0.1, -0.05) is 42.5 Å². The number of halogens is 2. The van der Waals surface area contributed by atoms with Crippen LogP contribution in [0.4, 0.5) is 0 Å². The first-order chi connectivity index (χ1) is 11.3. The standard InChI is InChI=1S/C17H34Cl2N4/c1-20-12-16(10-18)14-22-8-6-4-3-5-7-9-23-15-17(11-19)13-21-2/h10-11,20-23H,3-9,12-15H2,1-2H3/b16-10+,17-11+. The number of nitrogens with one attached hydrogen (secondary N) is 4. The van der Waals surface area contributed by atoms with Gasteiger partial charge in [-0.2, -0.15) is 0 Å². The normalized spacial score (nSPS) is 12.9. The van der Waals surface area contributed by atoms with Crippen molar-refractivity contribution in [3.63, 3.8) is 0 Å². The summed E-state index contributed by atoms with van der Waals surface area (Å²) in [7, 11) is 3.87. The maximum absolute atomic E-state index is 5.75. The quantitative estimate of drug-likeness (QED) is 0.318. The number of unbranched alkanes of at least 4 members (excludes halogenated alkanes) is 4. The van der Waals surface area contributed by atoms with E-state index >= 15 is 0 Å². The summed E-state index contributed by atoms with van der Waals surface area (Å²) in [6.45, 7) is 5.56. The van der Waals surface area contributed by atoms with Crippen molar-refractivity contribution < 1.29 is 0 Å². The van der Waals surface area contributed by atoms with Gasteiger partial charge in [0.1, 0.15) is 0 Å². The molecule has 0 aliphatic rings. The minimum absolute atomic E-state index is 0.846. The van der Waals surface area contributed by atoms with Crippen LogP contribution in [-0.4, -0.2) is 53.4 Å². The molecular formula is C17H34Cl2N4. The van der Waals surface area contributed by atoms with Crippen LogP contribution in [0.2, 0.25) is 0 Å². The smallest absolute Gasteiger partial charge is 0.0189 e. The minimum atomic E-state index is 0.846. The van der Waals surface area contributed by atoms with Gasteiger partial charge in [-0.15, -0.1) is 0 Å². The van der Waals surface area contributed by atoms with Gasteiger partial charge in [-0.3, -0.25) is 0 Å². The van der Waals surface area contributed by atoms with Gasteiger partial charge in [0, 0.05) is 37.2 Å². The molecule has 0 atom stereocenters. The van der Waals surface area contributed by atoms with Gasteiger partial charge < -0.3 is 21.3 Å². The summed E-state index contributed by atoms with van der Waals surface area (Å²) in [5, 5.41) is 13.1. The van der Waals surface area contributed by atoms with Crippen LogP contribution in [0.5, 0.6) is 0 Å². The summed E-state index contributed by atoms with van der Waals surface area (Å²) in [6, 6.07) is 0. The predicted molar refractivity (Wildman–Crippen MR) is 105 cm³/mol. The van der Waals surface area contributed by atoms with E-state index in [1.165, 1.54) is 43.3 Å². The number of hydrogen-bond acceptors (Lipinski definition) is 4. The van der Waals surface area contributed by atoms with Crippen LogP contribution >= 0.6 is 23.2 Å². The Morgan fingerprint density at radius 1 is 0.652 bits per heavy atom. The fraction of sp³-hybridized carbons (Fsp3) is 0.765. The lowest BCUT2D eigenvalue weighted by molar-refractivity contribution is 0.567. The third-order valence-corrected chi connectivity index (χ3v) is 4.14. The summed E-state index contributed by atoms with van der Waals surface area (Å²) in [4.78, 5) is 0. The zero-order valence-electron chi connectivity index (χ0n) is 14.7. The molecule has 6 heteroatoms. The van der Waals surface area contributed by atoms with E-state index in [2.05, 4.69) is 21.3 Å². The highest BCUT2D eigenvalue weighted by Crippen LogP contribution is 2.02. The molecule has 0 aromatic carbocycles. The second-order valence-corrected chi connectivity index (χ2v) is 6.15. The third-order valence-electron chi connectivity index (χ3n) is 3.53. The molecule has 0 radical (unpaired) electrons. The summed E-state index contributed by atoms with van der Waals surface area (Å²) < 4.78 is 0. The van der Waals surface area contributed by atoms with Gasteiger partial charge in [0.15, 0.2) is 0 Å². The topological polar surface area (TPSA) is 48.1 Å². The molecule has 4 N–H and O–H groups in total. The van der Waals surface area contributed by atoms with Crippen molar-refractivity contribution in [1.82, 2.24) is 21.3 Å². The highest BCUT2D eigenvalue weighted by Gasteiger charge is 1.97. The van der Waals surface area contributed by atoms with Crippen molar-refractivity contribution in [3.8, 4) is 0 Å². The number of likely N-dealkylation sites (N-methyl/N-ethyl adjacent to an activating group) is 2. The molecule has 0 saturated carbocycles. The zero-order valence-corrected chi connectivity index (χ0v) is 16.2. The van der Waals surface area contributed by atoms with Gasteiger partial charge in [0.2, 0.25) is 0 Å². The van der Waals surface area contributed by atoms with Crippen molar-refractivity contribution in [1.29, 1.82) is 0 Å². The second kappa shape index (κ2) is 18.2. The molecule has 0 aromatic heterocycles. The summed E-state index contributed by atoms with van der Waals surface area (Å²) >= 11 is 11.5. The van der Waals surface area contributed by atoms with Crippen molar-refractivity contribution in [2.24, 2.45) is 0 Å². The molecule has 0 aromatic rings. The molecule has 23 heavy (non-hydrogen) atoms.